The van der Waals surface area contributed by atoms with Crippen LogP contribution in [0.15, 0.2) is 89.3 Å². The molecule has 0 amide bonds. The highest BCUT2D eigenvalue weighted by Gasteiger charge is 2.10. The maximum absolute atomic E-state index is 5.82. The number of hydrogen-bond acceptors (Lipinski definition) is 3. The maximum Gasteiger partial charge on any atom is 0.248 e. The number of aromatic nitrogens is 2. The summed E-state index contributed by atoms with van der Waals surface area (Å²) in [7, 11) is 0. The second-order valence-corrected chi connectivity index (χ2v) is 5.23. The molecular weight excluding hydrogens is 284 g/mol. The Morgan fingerprint density at radius 1 is 0.478 bits per heavy atom. The van der Waals surface area contributed by atoms with Crippen molar-refractivity contribution < 1.29 is 4.42 Å². The van der Waals surface area contributed by atoms with Gasteiger partial charge in [-0.2, -0.15) is 0 Å². The average molecular weight is 298 g/mol. The molecule has 0 saturated carbocycles. The molecule has 3 heteroatoms. The topological polar surface area (TPSA) is 38.9 Å². The Balaban J connectivity index is 1.71. The Morgan fingerprint density at radius 2 is 1.00 bits per heavy atom. The van der Waals surface area contributed by atoms with Crippen LogP contribution in [0.5, 0.6) is 0 Å². The van der Waals surface area contributed by atoms with Crippen LogP contribution >= 0.6 is 0 Å². The number of nitrogens with zero attached hydrogens (tertiary/aromatic N) is 2. The summed E-state index contributed by atoms with van der Waals surface area (Å²) in [5, 5.41) is 8.33. The van der Waals surface area contributed by atoms with Crippen molar-refractivity contribution in [1.82, 2.24) is 10.2 Å². The van der Waals surface area contributed by atoms with E-state index >= 15 is 0 Å². The molecule has 4 rings (SSSR count). The molecule has 3 aromatic carbocycles. The minimum Gasteiger partial charge on any atom is -0.416 e. The van der Waals surface area contributed by atoms with Gasteiger partial charge < -0.3 is 4.42 Å². The maximum atomic E-state index is 5.82. The smallest absolute Gasteiger partial charge is 0.248 e. The van der Waals surface area contributed by atoms with Crippen LogP contribution in [0, 0.1) is 0 Å². The second kappa shape index (κ2) is 5.89. The molecule has 110 valence electrons. The Morgan fingerprint density at radius 3 is 1.70 bits per heavy atom. The largest absolute Gasteiger partial charge is 0.416 e. The summed E-state index contributed by atoms with van der Waals surface area (Å²) >= 11 is 0. The van der Waals surface area contributed by atoms with Gasteiger partial charge in [-0.1, -0.05) is 60.7 Å². The second-order valence-electron chi connectivity index (χ2n) is 5.23. The molecule has 0 saturated heterocycles. The van der Waals surface area contributed by atoms with Gasteiger partial charge >= 0.3 is 0 Å². The molecule has 1 aromatic heterocycles. The lowest BCUT2D eigenvalue weighted by Gasteiger charge is -2.02. The van der Waals surface area contributed by atoms with Crippen LogP contribution in [-0.4, -0.2) is 10.2 Å². The molecule has 0 aliphatic rings. The van der Waals surface area contributed by atoms with Gasteiger partial charge in [0, 0.05) is 11.1 Å². The molecule has 1 heterocycles. The molecule has 3 nitrogen and oxygen atoms in total. The molecule has 0 N–H and O–H groups in total. The minimum atomic E-state index is 0.529. The molecule has 0 unspecified atom stereocenters. The van der Waals surface area contributed by atoms with Gasteiger partial charge in [0.25, 0.3) is 0 Å². The summed E-state index contributed by atoms with van der Waals surface area (Å²) < 4.78 is 5.82. The highest BCUT2D eigenvalue weighted by Crippen LogP contribution is 2.27. The van der Waals surface area contributed by atoms with E-state index in [-0.39, 0.29) is 0 Å². The lowest BCUT2D eigenvalue weighted by molar-refractivity contribution is 0.584. The molecule has 0 fully saturated rings. The zero-order valence-corrected chi connectivity index (χ0v) is 12.4. The molecule has 0 radical (unpaired) electrons. The fourth-order valence-corrected chi connectivity index (χ4v) is 2.50. The zero-order chi connectivity index (χ0) is 15.5. The Labute approximate surface area is 134 Å². The Kier molecular flexibility index (Phi) is 3.45. The summed E-state index contributed by atoms with van der Waals surface area (Å²) in [5.74, 6) is 1.06. The molecule has 0 aliphatic carbocycles. The van der Waals surface area contributed by atoms with Crippen LogP contribution in [0.25, 0.3) is 34.0 Å². The summed E-state index contributed by atoms with van der Waals surface area (Å²) in [5.41, 5.74) is 4.13. The third-order valence-electron chi connectivity index (χ3n) is 3.66. The summed E-state index contributed by atoms with van der Waals surface area (Å²) in [4.78, 5) is 0. The highest BCUT2D eigenvalue weighted by atomic mass is 16.4. The van der Waals surface area contributed by atoms with E-state index in [1.807, 2.05) is 60.7 Å². The molecule has 0 atom stereocenters. The van der Waals surface area contributed by atoms with Crippen molar-refractivity contribution in [3.8, 4) is 34.0 Å². The van der Waals surface area contributed by atoms with Crippen molar-refractivity contribution in [3.63, 3.8) is 0 Å². The Bertz CT molecular complexity index is 915. The van der Waals surface area contributed by atoms with Gasteiger partial charge in [-0.15, -0.1) is 10.2 Å². The van der Waals surface area contributed by atoms with Gasteiger partial charge in [-0.25, -0.2) is 0 Å². The number of hydrogen-bond donors (Lipinski definition) is 0. The van der Waals surface area contributed by atoms with Gasteiger partial charge in [0.15, 0.2) is 0 Å². The molecule has 0 bridgehead atoms. The van der Waals surface area contributed by atoms with Crippen molar-refractivity contribution in [2.75, 3.05) is 0 Å². The molecule has 23 heavy (non-hydrogen) atoms. The predicted octanol–water partition coefficient (Wildman–Crippen LogP) is 5.07. The fraction of sp³-hybridized carbons (Fsp3) is 0. The van der Waals surface area contributed by atoms with Gasteiger partial charge in [-0.05, 0) is 35.4 Å². The van der Waals surface area contributed by atoms with E-state index < -0.39 is 0 Å². The zero-order valence-electron chi connectivity index (χ0n) is 12.4. The number of benzene rings is 3. The monoisotopic (exact) mass is 298 g/mol. The van der Waals surface area contributed by atoms with E-state index in [4.69, 9.17) is 4.42 Å². The molecule has 0 spiro atoms. The van der Waals surface area contributed by atoms with E-state index in [0.717, 1.165) is 22.3 Å². The van der Waals surface area contributed by atoms with Crippen LogP contribution in [-0.2, 0) is 0 Å². The number of rotatable bonds is 3. The first-order chi connectivity index (χ1) is 11.4. The lowest BCUT2D eigenvalue weighted by Crippen LogP contribution is -1.81. The van der Waals surface area contributed by atoms with E-state index in [9.17, 15) is 0 Å². The average Bonchev–Trinajstić information content (AvgIpc) is 3.14. The van der Waals surface area contributed by atoms with Crippen LogP contribution in [0.2, 0.25) is 0 Å². The first-order valence-corrected chi connectivity index (χ1v) is 7.45. The summed E-state index contributed by atoms with van der Waals surface area (Å²) in [6, 6.07) is 28.2. The van der Waals surface area contributed by atoms with Crippen LogP contribution in [0.3, 0.4) is 0 Å². The normalized spacial score (nSPS) is 10.6. The summed E-state index contributed by atoms with van der Waals surface area (Å²) in [6.45, 7) is 0. The van der Waals surface area contributed by atoms with E-state index in [1.165, 1.54) is 0 Å². The first kappa shape index (κ1) is 13.5. The SMILES string of the molecule is c1ccc(-c2cccc(-c3nnc(-c4ccccc4)o3)c2)cc1. The van der Waals surface area contributed by atoms with Crippen molar-refractivity contribution in [2.24, 2.45) is 0 Å². The third kappa shape index (κ3) is 2.77. The highest BCUT2D eigenvalue weighted by molar-refractivity contribution is 5.70. The standard InChI is InChI=1S/C20H14N2O/c1-3-8-15(9-4-1)17-12-7-13-18(14-17)20-22-21-19(23-20)16-10-5-2-6-11-16/h1-14H. The van der Waals surface area contributed by atoms with Crippen molar-refractivity contribution in [2.45, 2.75) is 0 Å². The van der Waals surface area contributed by atoms with Crippen molar-refractivity contribution in [3.05, 3.63) is 84.9 Å². The first-order valence-electron chi connectivity index (χ1n) is 7.45. The van der Waals surface area contributed by atoms with Crippen LogP contribution in [0.1, 0.15) is 0 Å². The van der Waals surface area contributed by atoms with Crippen LogP contribution < -0.4 is 0 Å². The Hall–Kier alpha value is -3.20. The molecule has 0 aliphatic heterocycles. The third-order valence-corrected chi connectivity index (χ3v) is 3.66. The summed E-state index contributed by atoms with van der Waals surface area (Å²) in [6.07, 6.45) is 0. The van der Waals surface area contributed by atoms with Crippen molar-refractivity contribution >= 4 is 0 Å². The van der Waals surface area contributed by atoms with Gasteiger partial charge in [0.1, 0.15) is 0 Å². The lowest BCUT2D eigenvalue weighted by atomic mass is 10.0. The van der Waals surface area contributed by atoms with Gasteiger partial charge in [0.05, 0.1) is 0 Å². The van der Waals surface area contributed by atoms with Gasteiger partial charge in [-0.3, -0.25) is 0 Å². The van der Waals surface area contributed by atoms with E-state index in [0.29, 0.717) is 11.8 Å². The minimum absolute atomic E-state index is 0.529. The quantitative estimate of drug-likeness (QED) is 0.530. The molecule has 4 aromatic rings. The van der Waals surface area contributed by atoms with E-state index in [1.54, 1.807) is 0 Å². The molecular formula is C20H14N2O. The van der Waals surface area contributed by atoms with Crippen LogP contribution in [0.4, 0.5) is 0 Å². The predicted molar refractivity (Wildman–Crippen MR) is 90.6 cm³/mol. The van der Waals surface area contributed by atoms with Crippen molar-refractivity contribution in [1.29, 1.82) is 0 Å². The van der Waals surface area contributed by atoms with E-state index in [2.05, 4.69) is 34.5 Å². The van der Waals surface area contributed by atoms with Gasteiger partial charge in [0.2, 0.25) is 11.8 Å². The fourth-order valence-electron chi connectivity index (χ4n) is 2.50.